The molecule has 5 nitrogen and oxygen atoms in total. The van der Waals surface area contributed by atoms with Gasteiger partial charge in [0.25, 0.3) is 5.89 Å². The lowest BCUT2D eigenvalue weighted by Gasteiger charge is -2.08. The minimum Gasteiger partial charge on any atom is -0.438 e. The van der Waals surface area contributed by atoms with Gasteiger partial charge in [-0.2, -0.15) is 4.37 Å². The SMILES string of the molecule is C#Cc1nc(C(C)C/C=C\c2nscc2C(C)C/C=C\c2nocc2C(C)C)co1. The molecule has 0 aliphatic carbocycles. The zero-order chi connectivity index (χ0) is 21.5. The molecule has 0 saturated carbocycles. The van der Waals surface area contributed by atoms with Crippen LogP contribution in [0.1, 0.15) is 92.4 Å². The van der Waals surface area contributed by atoms with Crippen molar-refractivity contribution in [1.82, 2.24) is 14.5 Å². The first-order valence-electron chi connectivity index (χ1n) is 10.1. The standard InChI is InChI=1S/C24H27N3O2S/c1-6-24-25-23(14-28-24)18(5)10-8-12-22-20(15-30-27-22)17(4)9-7-11-21-19(16(2)3)13-29-26-21/h1,7-8,11-18H,9-10H2,2-5H3/b11-7-,12-8-. The normalized spacial score (nSPS) is 14.0. The fraction of sp³-hybridized carbons (Fsp3) is 0.375. The van der Waals surface area contributed by atoms with Crippen LogP contribution < -0.4 is 0 Å². The highest BCUT2D eigenvalue weighted by atomic mass is 32.1. The second-order valence-corrected chi connectivity index (χ2v) is 8.39. The van der Waals surface area contributed by atoms with E-state index in [9.17, 15) is 0 Å². The van der Waals surface area contributed by atoms with Crippen molar-refractivity contribution in [3.8, 4) is 12.3 Å². The van der Waals surface area contributed by atoms with Crippen LogP contribution in [0.3, 0.4) is 0 Å². The molecular formula is C24H27N3O2S. The summed E-state index contributed by atoms with van der Waals surface area (Å²) in [7, 11) is 0. The topological polar surface area (TPSA) is 65.0 Å². The molecule has 2 atom stereocenters. The van der Waals surface area contributed by atoms with Crippen LogP contribution in [0.2, 0.25) is 0 Å². The van der Waals surface area contributed by atoms with Gasteiger partial charge in [-0.1, -0.05) is 45.0 Å². The highest BCUT2D eigenvalue weighted by molar-refractivity contribution is 7.03. The molecule has 3 aromatic heterocycles. The van der Waals surface area contributed by atoms with E-state index in [1.54, 1.807) is 12.5 Å². The van der Waals surface area contributed by atoms with Gasteiger partial charge in [0, 0.05) is 16.9 Å². The van der Waals surface area contributed by atoms with Crippen LogP contribution in [-0.4, -0.2) is 14.5 Å². The summed E-state index contributed by atoms with van der Waals surface area (Å²) in [4.78, 5) is 4.29. The number of nitrogens with zero attached hydrogens (tertiary/aromatic N) is 3. The lowest BCUT2D eigenvalue weighted by molar-refractivity contribution is 0.417. The van der Waals surface area contributed by atoms with Crippen molar-refractivity contribution in [2.45, 2.75) is 58.3 Å². The van der Waals surface area contributed by atoms with Crippen LogP contribution in [-0.2, 0) is 0 Å². The predicted molar refractivity (Wildman–Crippen MR) is 121 cm³/mol. The average Bonchev–Trinajstić information content (AvgIpc) is 3.47. The summed E-state index contributed by atoms with van der Waals surface area (Å²) >= 11 is 1.49. The number of oxazole rings is 1. The van der Waals surface area contributed by atoms with Crippen molar-refractivity contribution in [3.63, 3.8) is 0 Å². The Labute approximate surface area is 182 Å². The summed E-state index contributed by atoms with van der Waals surface area (Å²) in [6.45, 7) is 8.60. The Morgan fingerprint density at radius 1 is 1.03 bits per heavy atom. The second-order valence-electron chi connectivity index (χ2n) is 7.77. The first-order valence-corrected chi connectivity index (χ1v) is 11.0. The van der Waals surface area contributed by atoms with E-state index >= 15 is 0 Å². The lowest BCUT2D eigenvalue weighted by Crippen LogP contribution is -1.94. The van der Waals surface area contributed by atoms with Crippen molar-refractivity contribution >= 4 is 23.7 Å². The number of terminal acetylenes is 1. The number of hydrogen-bond acceptors (Lipinski definition) is 6. The van der Waals surface area contributed by atoms with Gasteiger partial charge in [0.1, 0.15) is 18.2 Å². The van der Waals surface area contributed by atoms with Crippen LogP contribution in [0.4, 0.5) is 0 Å². The van der Waals surface area contributed by atoms with Gasteiger partial charge in [0.05, 0.1) is 11.4 Å². The van der Waals surface area contributed by atoms with E-state index in [0.29, 0.717) is 17.7 Å². The van der Waals surface area contributed by atoms with Gasteiger partial charge < -0.3 is 8.94 Å². The molecule has 0 fully saturated rings. The molecule has 0 amide bonds. The smallest absolute Gasteiger partial charge is 0.273 e. The molecule has 2 unspecified atom stereocenters. The van der Waals surface area contributed by atoms with E-state index in [0.717, 1.165) is 35.5 Å². The number of hydrogen-bond donors (Lipinski definition) is 0. The minimum absolute atomic E-state index is 0.229. The monoisotopic (exact) mass is 421 g/mol. The van der Waals surface area contributed by atoms with Crippen LogP contribution in [0.5, 0.6) is 0 Å². The maximum atomic E-state index is 5.31. The summed E-state index contributed by atoms with van der Waals surface area (Å²) in [5.41, 5.74) is 5.21. The first-order chi connectivity index (χ1) is 14.5. The third kappa shape index (κ3) is 5.37. The summed E-state index contributed by atoms with van der Waals surface area (Å²) in [6.07, 6.45) is 18.9. The molecule has 0 bridgehead atoms. The third-order valence-corrected chi connectivity index (χ3v) is 5.75. The van der Waals surface area contributed by atoms with Gasteiger partial charge in [-0.15, -0.1) is 6.42 Å². The van der Waals surface area contributed by atoms with Gasteiger partial charge in [-0.25, -0.2) is 4.98 Å². The molecule has 0 aliphatic rings. The quantitative estimate of drug-likeness (QED) is 0.362. The molecule has 3 heterocycles. The van der Waals surface area contributed by atoms with Crippen molar-refractivity contribution in [1.29, 1.82) is 0 Å². The molecule has 0 radical (unpaired) electrons. The van der Waals surface area contributed by atoms with E-state index in [4.69, 9.17) is 15.4 Å². The fourth-order valence-electron chi connectivity index (χ4n) is 3.15. The molecule has 0 saturated heterocycles. The van der Waals surface area contributed by atoms with E-state index in [2.05, 4.69) is 77.8 Å². The Kier molecular flexibility index (Phi) is 7.42. The largest absolute Gasteiger partial charge is 0.438 e. The zero-order valence-corrected chi connectivity index (χ0v) is 18.6. The van der Waals surface area contributed by atoms with Gasteiger partial charge in [0.15, 0.2) is 0 Å². The highest BCUT2D eigenvalue weighted by Gasteiger charge is 2.13. The Balaban J connectivity index is 1.58. The van der Waals surface area contributed by atoms with Crippen molar-refractivity contribution in [3.05, 3.63) is 64.2 Å². The molecule has 0 spiro atoms. The lowest BCUT2D eigenvalue weighted by atomic mass is 9.97. The molecule has 156 valence electrons. The van der Waals surface area contributed by atoms with Crippen molar-refractivity contribution in [2.75, 3.05) is 0 Å². The van der Waals surface area contributed by atoms with Gasteiger partial charge in [-0.3, -0.25) is 0 Å². The number of allylic oxidation sites excluding steroid dienone is 2. The van der Waals surface area contributed by atoms with Gasteiger partial charge in [0.2, 0.25) is 0 Å². The third-order valence-electron chi connectivity index (χ3n) is 5.09. The van der Waals surface area contributed by atoms with Crippen molar-refractivity contribution < 1.29 is 8.94 Å². The molecule has 3 aromatic rings. The Morgan fingerprint density at radius 2 is 1.77 bits per heavy atom. The molecule has 0 N–H and O–H groups in total. The number of rotatable bonds is 9. The fourth-order valence-corrected chi connectivity index (χ4v) is 3.95. The summed E-state index contributed by atoms with van der Waals surface area (Å²) < 4.78 is 14.9. The first kappa shape index (κ1) is 21.8. The maximum absolute atomic E-state index is 5.31. The van der Waals surface area contributed by atoms with Crippen LogP contribution in [0.25, 0.3) is 12.2 Å². The summed E-state index contributed by atoms with van der Waals surface area (Å²) in [5.74, 6) is 3.73. The zero-order valence-electron chi connectivity index (χ0n) is 17.8. The molecule has 3 rings (SSSR count). The van der Waals surface area contributed by atoms with Crippen LogP contribution in [0, 0.1) is 12.3 Å². The highest BCUT2D eigenvalue weighted by Crippen LogP contribution is 2.27. The van der Waals surface area contributed by atoms with Crippen molar-refractivity contribution in [2.24, 2.45) is 0 Å². The molecular weight excluding hydrogens is 394 g/mol. The minimum atomic E-state index is 0.229. The van der Waals surface area contributed by atoms with Gasteiger partial charge in [-0.05, 0) is 59.8 Å². The molecule has 0 aliphatic heterocycles. The van der Waals surface area contributed by atoms with E-state index < -0.39 is 0 Å². The molecule has 6 heteroatoms. The Bertz CT molecular complexity index is 1050. The molecule has 30 heavy (non-hydrogen) atoms. The van der Waals surface area contributed by atoms with Crippen LogP contribution in [0.15, 0.2) is 39.0 Å². The average molecular weight is 422 g/mol. The summed E-state index contributed by atoms with van der Waals surface area (Å²) in [5, 5.41) is 6.23. The predicted octanol–water partition coefficient (Wildman–Crippen LogP) is 6.64. The van der Waals surface area contributed by atoms with Crippen LogP contribution >= 0.6 is 11.5 Å². The molecule has 0 aromatic carbocycles. The Hall–Kier alpha value is -2.91. The van der Waals surface area contributed by atoms with Gasteiger partial charge >= 0.3 is 0 Å². The van der Waals surface area contributed by atoms with E-state index in [1.165, 1.54) is 17.1 Å². The van der Waals surface area contributed by atoms with E-state index in [-0.39, 0.29) is 5.92 Å². The number of aromatic nitrogens is 3. The maximum Gasteiger partial charge on any atom is 0.273 e. The second kappa shape index (κ2) is 10.2. The van der Waals surface area contributed by atoms with E-state index in [1.807, 2.05) is 0 Å². The summed E-state index contributed by atoms with van der Waals surface area (Å²) in [6, 6.07) is 0. The Morgan fingerprint density at radius 3 is 2.47 bits per heavy atom.